The molecule has 8 unspecified atom stereocenters. The summed E-state index contributed by atoms with van der Waals surface area (Å²) in [5, 5.41) is 0. The van der Waals surface area contributed by atoms with Gasteiger partial charge in [-0.25, -0.2) is 0 Å². The van der Waals surface area contributed by atoms with Crippen molar-refractivity contribution in [1.29, 1.82) is 0 Å². The molecule has 364 valence electrons. The van der Waals surface area contributed by atoms with Crippen molar-refractivity contribution >= 4 is 111 Å². The van der Waals surface area contributed by atoms with Gasteiger partial charge in [-0.1, -0.05) is 58.7 Å². The summed E-state index contributed by atoms with van der Waals surface area (Å²) in [5.74, 6) is 0. The molecule has 0 aromatic heterocycles. The van der Waals surface area contributed by atoms with Gasteiger partial charge in [0.2, 0.25) is 16.6 Å². The van der Waals surface area contributed by atoms with E-state index in [9.17, 15) is 0 Å². The summed E-state index contributed by atoms with van der Waals surface area (Å²) in [5.41, 5.74) is 22.2. The lowest BCUT2D eigenvalue weighted by Crippen LogP contribution is -2.74. The van der Waals surface area contributed by atoms with Crippen molar-refractivity contribution in [2.45, 2.75) is 90.8 Å². The second-order valence-corrected chi connectivity index (χ2v) is 64.6. The molecular weight excluding hydrogens is 1040 g/mol. The van der Waals surface area contributed by atoms with E-state index in [4.69, 9.17) is 49.4 Å². The fourth-order valence-electron chi connectivity index (χ4n) is 5.99. The zero-order valence-corrected chi connectivity index (χ0v) is 54.8. The van der Waals surface area contributed by atoms with Crippen LogP contribution in [0.5, 0.6) is 0 Å². The summed E-state index contributed by atoms with van der Waals surface area (Å²) in [4.78, 5) is 0. The molecule has 0 bridgehead atoms. The average molecular weight is 1120 g/mol. The first kappa shape index (κ1) is 62.0. The van der Waals surface area contributed by atoms with Crippen molar-refractivity contribution in [2.24, 2.45) is 0 Å². The Hall–Kier alpha value is -1.04. The van der Waals surface area contributed by atoms with Crippen molar-refractivity contribution in [3.05, 3.63) is 160 Å². The minimum Gasteiger partial charge on any atom is -0.430 e. The highest BCUT2D eigenvalue weighted by Gasteiger charge is 2.68. The Bertz CT molecular complexity index is 1870. The van der Waals surface area contributed by atoms with E-state index in [1.165, 1.54) is 22.8 Å². The monoisotopic (exact) mass is 1120 g/mol. The number of hydrogen-bond acceptors (Lipinski definition) is 12. The normalized spacial score (nSPS) is 30.5. The van der Waals surface area contributed by atoms with E-state index < -0.39 is 111 Å². The molecule has 0 aliphatic carbocycles. The van der Waals surface area contributed by atoms with Crippen LogP contribution in [0, 0.1) is 0 Å². The highest BCUT2D eigenvalue weighted by molar-refractivity contribution is 7.05. The van der Waals surface area contributed by atoms with E-state index in [0.29, 0.717) is 5.67 Å². The smallest absolute Gasteiger partial charge is 0.430 e. The van der Waals surface area contributed by atoms with Gasteiger partial charge in [-0.3, -0.25) is 0 Å². The molecule has 0 spiro atoms. The van der Waals surface area contributed by atoms with Crippen LogP contribution in [0.3, 0.4) is 0 Å². The van der Waals surface area contributed by atoms with Crippen molar-refractivity contribution in [3.8, 4) is 0 Å². The van der Waals surface area contributed by atoms with Gasteiger partial charge in [-0.05, 0) is 100 Å². The Balaban J connectivity index is 5.11. The SMILES string of the molecule is C=C[Si](C)(C)C[Si]1(C=C)O[Si](C)(C=C)O[Si](C=C)(O[Si](C)(C)C=C)O[Si](C=C)(O[Si](C)(C)C=C)O[Si](C=C)(O[Si](C)(C=C)O[Si](C)(C)C=C)O[Si](C=C)(O[Si](C)(C=C)O[Si](C)(C)C=C)O1. The minimum atomic E-state index is -4.74. The number of hydrogen-bond donors (Lipinski definition) is 0. The van der Waals surface area contributed by atoms with Gasteiger partial charge < -0.3 is 49.4 Å². The third-order valence-electron chi connectivity index (χ3n) is 9.97. The Morgan fingerprint density at radius 2 is 0.677 bits per heavy atom. The van der Waals surface area contributed by atoms with Crippen molar-refractivity contribution in [1.82, 2.24) is 0 Å². The Kier molecular flexibility index (Phi) is 21.7. The van der Waals surface area contributed by atoms with Crippen LogP contribution in [0.25, 0.3) is 0 Å². The maximum atomic E-state index is 7.63. The first-order chi connectivity index (χ1) is 29.5. The average Bonchev–Trinajstić information content (AvgIpc) is 3.22. The molecule has 0 radical (unpaired) electrons. The fourth-order valence-corrected chi connectivity index (χ4v) is 61.2. The first-order valence-corrected chi connectivity index (χ1v) is 52.9. The Labute approximate surface area is 407 Å². The molecule has 1 fully saturated rings. The van der Waals surface area contributed by atoms with Gasteiger partial charge in [0.25, 0.3) is 0 Å². The minimum absolute atomic E-state index is 0.374. The lowest BCUT2D eigenvalue weighted by atomic mass is 11.3. The molecule has 0 saturated carbocycles. The van der Waals surface area contributed by atoms with E-state index >= 15 is 0 Å². The molecule has 12 nitrogen and oxygen atoms in total. The zero-order chi connectivity index (χ0) is 50.9. The second kappa shape index (κ2) is 22.8. The van der Waals surface area contributed by atoms with Crippen LogP contribution in [-0.2, 0) is 49.4 Å². The van der Waals surface area contributed by atoms with Crippen molar-refractivity contribution in [2.75, 3.05) is 0 Å². The summed E-state index contributed by atoms with van der Waals surface area (Å²) in [6, 6.07) is 0. The third kappa shape index (κ3) is 17.4. The van der Waals surface area contributed by atoms with Crippen molar-refractivity contribution in [3.63, 3.8) is 0 Å². The molecule has 25 heteroatoms. The Morgan fingerprint density at radius 1 is 0.354 bits per heavy atom. The van der Waals surface area contributed by atoms with Gasteiger partial charge in [0.15, 0.2) is 16.6 Å². The van der Waals surface area contributed by atoms with Crippen LogP contribution in [0.4, 0.5) is 0 Å². The van der Waals surface area contributed by atoms with Crippen LogP contribution < -0.4 is 0 Å². The standard InChI is InChI=1S/C40H80O12Si13/c1-27-53(14,15)40-61(35-9)45-60(26,34-8)48-62(36-10,43-56(20,21)30-4)50-63(37-11,44-57(22,23)31-5)51-65(39-13,47-59(25,33-7)42-55(18,19)29-3)52-64(38-12,49-61)46-58(24,32-6)41-54(16,17)28-2/h27-39H,1-13,40H2,14-26H3. The maximum Gasteiger partial charge on any atom is 0.505 e. The highest BCUT2D eigenvalue weighted by atomic mass is 28.6. The molecule has 0 aromatic rings. The van der Waals surface area contributed by atoms with E-state index in [1.54, 1.807) is 39.9 Å². The molecule has 1 rings (SSSR count). The van der Waals surface area contributed by atoms with Gasteiger partial charge >= 0.3 is 69.5 Å². The van der Waals surface area contributed by atoms with E-state index in [-0.39, 0.29) is 0 Å². The summed E-state index contributed by atoms with van der Waals surface area (Å²) in [6.07, 6.45) is 0. The molecule has 1 aliphatic heterocycles. The zero-order valence-electron chi connectivity index (χ0n) is 41.8. The first-order valence-electron chi connectivity index (χ1n) is 21.2. The van der Waals surface area contributed by atoms with Crippen LogP contribution in [-0.4, -0.2) is 111 Å². The lowest BCUT2D eigenvalue weighted by molar-refractivity contribution is 0.123. The largest absolute Gasteiger partial charge is 0.505 e. The summed E-state index contributed by atoms with van der Waals surface area (Å²) in [7, 11) is -46.6. The van der Waals surface area contributed by atoms with Gasteiger partial charge in [0.1, 0.15) is 0 Å². The van der Waals surface area contributed by atoms with E-state index in [1.807, 2.05) is 83.4 Å². The highest BCUT2D eigenvalue weighted by Crippen LogP contribution is 2.41. The summed E-state index contributed by atoms with van der Waals surface area (Å²) < 4.78 is 87.5. The summed E-state index contributed by atoms with van der Waals surface area (Å²) in [6.45, 7) is 80.5. The van der Waals surface area contributed by atoms with Crippen LogP contribution in [0.15, 0.2) is 160 Å². The topological polar surface area (TPSA) is 111 Å². The van der Waals surface area contributed by atoms with Gasteiger partial charge in [0, 0.05) is 0 Å². The lowest BCUT2D eigenvalue weighted by Gasteiger charge is -2.51. The molecule has 65 heavy (non-hydrogen) atoms. The van der Waals surface area contributed by atoms with Gasteiger partial charge in [-0.15, -0.1) is 91.2 Å². The van der Waals surface area contributed by atoms with Crippen molar-refractivity contribution < 1.29 is 49.4 Å². The second-order valence-electron chi connectivity index (χ2n) is 18.7. The fraction of sp³-hybridized carbons (Fsp3) is 0.350. The molecule has 1 aliphatic rings. The van der Waals surface area contributed by atoms with E-state index in [0.717, 1.165) is 0 Å². The summed E-state index contributed by atoms with van der Waals surface area (Å²) >= 11 is 0. The predicted molar refractivity (Wildman–Crippen MR) is 301 cm³/mol. The quantitative estimate of drug-likeness (QED) is 0.0730. The molecule has 8 atom stereocenters. The Morgan fingerprint density at radius 3 is 0.954 bits per heavy atom. The molecular formula is C40H80O12Si13. The van der Waals surface area contributed by atoms with E-state index in [2.05, 4.69) is 98.6 Å². The predicted octanol–water partition coefficient (Wildman–Crippen LogP) is 11.1. The molecule has 1 saturated heterocycles. The third-order valence-corrected chi connectivity index (χ3v) is 60.0. The number of rotatable bonds is 27. The van der Waals surface area contributed by atoms with Gasteiger partial charge in [-0.2, -0.15) is 0 Å². The molecule has 0 N–H and O–H groups in total. The van der Waals surface area contributed by atoms with Crippen LogP contribution in [0.1, 0.15) is 0 Å². The molecule has 0 aromatic carbocycles. The van der Waals surface area contributed by atoms with Crippen LogP contribution >= 0.6 is 0 Å². The van der Waals surface area contributed by atoms with Crippen LogP contribution in [0.2, 0.25) is 90.8 Å². The molecule has 0 amide bonds. The molecule has 1 heterocycles. The maximum absolute atomic E-state index is 7.63. The van der Waals surface area contributed by atoms with Gasteiger partial charge in [0.05, 0.1) is 8.07 Å².